The van der Waals surface area contributed by atoms with Crippen molar-refractivity contribution in [1.29, 1.82) is 5.26 Å². The highest BCUT2D eigenvalue weighted by Crippen LogP contribution is 2.40. The number of aromatic carboxylic acids is 1. The summed E-state index contributed by atoms with van der Waals surface area (Å²) in [5.41, 5.74) is -5.24. The molecule has 0 aromatic heterocycles. The second kappa shape index (κ2) is 5.50. The summed E-state index contributed by atoms with van der Waals surface area (Å²) in [6.07, 6.45) is 0. The number of nitrogens with zero attached hydrogens (tertiary/aromatic N) is 1. The van der Waals surface area contributed by atoms with Gasteiger partial charge < -0.3 is 5.11 Å². The minimum absolute atomic E-state index is 0.0185. The first-order valence-corrected chi connectivity index (χ1v) is 5.75. The largest absolute Gasteiger partial charge is 0.478 e. The van der Waals surface area contributed by atoms with Crippen molar-refractivity contribution in [2.45, 2.75) is 16.3 Å². The van der Waals surface area contributed by atoms with Gasteiger partial charge in [0.2, 0.25) is 0 Å². The van der Waals surface area contributed by atoms with E-state index in [0.29, 0.717) is 0 Å². The summed E-state index contributed by atoms with van der Waals surface area (Å²) in [6.45, 7) is 0. The fraction of sp³-hybridized carbons (Fsp3) is 0.200. The molecule has 0 bridgehead atoms. The Bertz CT molecular complexity index is 525. The summed E-state index contributed by atoms with van der Waals surface area (Å²) < 4.78 is 36.9. The molecule has 0 saturated carbocycles. The molecule has 0 aliphatic heterocycles. The zero-order valence-corrected chi connectivity index (χ0v) is 10.2. The van der Waals surface area contributed by atoms with E-state index in [2.05, 4.69) is 0 Å². The van der Waals surface area contributed by atoms with Crippen LogP contribution in [0.15, 0.2) is 17.0 Å². The quantitative estimate of drug-likeness (QED) is 0.683. The molecule has 8 heteroatoms. The van der Waals surface area contributed by atoms with Crippen LogP contribution >= 0.6 is 23.4 Å². The Balaban J connectivity index is 3.45. The van der Waals surface area contributed by atoms with Gasteiger partial charge >= 0.3 is 11.5 Å². The zero-order valence-electron chi connectivity index (χ0n) is 8.58. The Kier molecular flexibility index (Phi) is 4.48. The highest BCUT2D eigenvalue weighted by molar-refractivity contribution is 8.00. The molecule has 1 rings (SSSR count). The Hall–Kier alpha value is -1.39. The van der Waals surface area contributed by atoms with Crippen molar-refractivity contribution in [3.63, 3.8) is 0 Å². The van der Waals surface area contributed by atoms with Gasteiger partial charge in [-0.3, -0.25) is 0 Å². The number of hydrogen-bond acceptors (Lipinski definition) is 3. The molecule has 1 aromatic carbocycles. The van der Waals surface area contributed by atoms with Gasteiger partial charge in [0.15, 0.2) is 0 Å². The van der Waals surface area contributed by atoms with Crippen LogP contribution in [0.3, 0.4) is 0 Å². The molecule has 0 saturated heterocycles. The molecule has 0 radical (unpaired) electrons. The second-order valence-electron chi connectivity index (χ2n) is 3.11. The summed E-state index contributed by atoms with van der Waals surface area (Å²) in [5.74, 6) is -1.80. The molecule has 3 nitrogen and oxygen atoms in total. The standard InChI is InChI=1S/C10H5ClF3NO2S/c11-3-6-1-5(4-15)2-7(8(6)9(16)17)18-10(12,13)14/h1-2H,3H2,(H,16,17). The van der Waals surface area contributed by atoms with Crippen molar-refractivity contribution in [3.05, 3.63) is 28.8 Å². The highest BCUT2D eigenvalue weighted by Gasteiger charge is 2.32. The molecule has 0 aliphatic carbocycles. The first kappa shape index (κ1) is 14.7. The van der Waals surface area contributed by atoms with E-state index in [-0.39, 0.29) is 17.0 Å². The maximum Gasteiger partial charge on any atom is 0.446 e. The van der Waals surface area contributed by atoms with Crippen LogP contribution < -0.4 is 0 Å². The summed E-state index contributed by atoms with van der Waals surface area (Å²) >= 11 is 4.91. The van der Waals surface area contributed by atoms with E-state index in [1.807, 2.05) is 0 Å². The maximum atomic E-state index is 12.3. The van der Waals surface area contributed by atoms with Crippen molar-refractivity contribution < 1.29 is 23.1 Å². The number of rotatable bonds is 3. The summed E-state index contributed by atoms with van der Waals surface area (Å²) in [6, 6.07) is 3.71. The second-order valence-corrected chi connectivity index (χ2v) is 4.48. The Labute approximate surface area is 109 Å². The number of nitriles is 1. The average Bonchev–Trinajstić information content (AvgIpc) is 2.25. The molecule has 1 N–H and O–H groups in total. The smallest absolute Gasteiger partial charge is 0.446 e. The molecular weight excluding hydrogens is 291 g/mol. The van der Waals surface area contributed by atoms with E-state index >= 15 is 0 Å². The summed E-state index contributed by atoms with van der Waals surface area (Å²) in [4.78, 5) is 10.4. The minimum Gasteiger partial charge on any atom is -0.478 e. The number of benzene rings is 1. The molecule has 0 heterocycles. The van der Waals surface area contributed by atoms with E-state index in [0.717, 1.165) is 12.1 Å². The van der Waals surface area contributed by atoms with Crippen molar-refractivity contribution in [2.75, 3.05) is 0 Å². The van der Waals surface area contributed by atoms with Gasteiger partial charge in [-0.1, -0.05) is 0 Å². The number of carboxylic acids is 1. The molecule has 0 fully saturated rings. The molecule has 0 aliphatic rings. The van der Waals surface area contributed by atoms with E-state index < -0.39 is 33.7 Å². The first-order valence-electron chi connectivity index (χ1n) is 4.40. The van der Waals surface area contributed by atoms with Gasteiger partial charge in [-0.2, -0.15) is 18.4 Å². The van der Waals surface area contributed by atoms with Gasteiger partial charge in [0.05, 0.1) is 17.2 Å². The maximum absolute atomic E-state index is 12.3. The van der Waals surface area contributed by atoms with Crippen LogP contribution in [0.25, 0.3) is 0 Å². The predicted molar refractivity (Wildman–Crippen MR) is 59.6 cm³/mol. The number of halogens is 4. The minimum atomic E-state index is -4.64. The molecule has 96 valence electrons. The highest BCUT2D eigenvalue weighted by atomic mass is 35.5. The van der Waals surface area contributed by atoms with Crippen molar-refractivity contribution in [3.8, 4) is 6.07 Å². The topological polar surface area (TPSA) is 61.1 Å². The van der Waals surface area contributed by atoms with Gasteiger partial charge in [-0.05, 0) is 29.5 Å². The van der Waals surface area contributed by atoms with E-state index in [4.69, 9.17) is 22.0 Å². The van der Waals surface area contributed by atoms with Crippen molar-refractivity contribution in [1.82, 2.24) is 0 Å². The van der Waals surface area contributed by atoms with Crippen LogP contribution in [0.1, 0.15) is 21.5 Å². The first-order chi connectivity index (χ1) is 8.28. The van der Waals surface area contributed by atoms with Gasteiger partial charge in [-0.25, -0.2) is 4.79 Å². The van der Waals surface area contributed by atoms with Gasteiger partial charge in [-0.15, -0.1) is 11.6 Å². The molecule has 0 amide bonds. The van der Waals surface area contributed by atoms with Gasteiger partial charge in [0, 0.05) is 10.8 Å². The number of alkyl halides is 4. The van der Waals surface area contributed by atoms with Crippen LogP contribution in [0.5, 0.6) is 0 Å². The Morgan fingerprint density at radius 2 is 2.11 bits per heavy atom. The fourth-order valence-corrected chi connectivity index (χ4v) is 2.26. The van der Waals surface area contributed by atoms with E-state index in [9.17, 15) is 18.0 Å². The lowest BCUT2D eigenvalue weighted by atomic mass is 10.1. The third-order valence-corrected chi connectivity index (χ3v) is 2.96. The summed E-state index contributed by atoms with van der Waals surface area (Å²) in [5, 5.41) is 17.6. The number of carboxylic acid groups (broad SMARTS) is 1. The molecule has 0 spiro atoms. The van der Waals surface area contributed by atoms with Gasteiger partial charge in [0.25, 0.3) is 0 Å². The third-order valence-electron chi connectivity index (χ3n) is 1.90. The lowest BCUT2D eigenvalue weighted by Crippen LogP contribution is -2.08. The lowest BCUT2D eigenvalue weighted by molar-refractivity contribution is -0.0328. The molecule has 1 aromatic rings. The SMILES string of the molecule is N#Cc1cc(CCl)c(C(=O)O)c(SC(F)(F)F)c1. The number of hydrogen-bond donors (Lipinski definition) is 1. The van der Waals surface area contributed by atoms with Crippen molar-refractivity contribution in [2.24, 2.45) is 0 Å². The van der Waals surface area contributed by atoms with Crippen LogP contribution in [0.4, 0.5) is 13.2 Å². The van der Waals surface area contributed by atoms with Crippen LogP contribution in [-0.2, 0) is 5.88 Å². The van der Waals surface area contributed by atoms with E-state index in [1.54, 1.807) is 6.07 Å². The molecular formula is C10H5ClF3NO2S. The normalized spacial score (nSPS) is 11.1. The molecule has 0 unspecified atom stereocenters. The number of carbonyl (C=O) groups is 1. The van der Waals surface area contributed by atoms with Gasteiger partial charge in [0.1, 0.15) is 0 Å². The fourth-order valence-electron chi connectivity index (χ4n) is 1.29. The lowest BCUT2D eigenvalue weighted by Gasteiger charge is -2.12. The zero-order chi connectivity index (χ0) is 13.9. The third kappa shape index (κ3) is 3.55. The average molecular weight is 296 g/mol. The molecule has 18 heavy (non-hydrogen) atoms. The van der Waals surface area contributed by atoms with Crippen LogP contribution in [0, 0.1) is 11.3 Å². The Morgan fingerprint density at radius 3 is 2.50 bits per heavy atom. The van der Waals surface area contributed by atoms with Crippen molar-refractivity contribution >= 4 is 29.3 Å². The predicted octanol–water partition coefficient (Wildman–Crippen LogP) is 3.61. The summed E-state index contributed by atoms with van der Waals surface area (Å²) in [7, 11) is 0. The molecule has 0 atom stereocenters. The van der Waals surface area contributed by atoms with Crippen LogP contribution in [-0.4, -0.2) is 16.6 Å². The van der Waals surface area contributed by atoms with E-state index in [1.165, 1.54) is 0 Å². The van der Waals surface area contributed by atoms with Crippen LogP contribution in [0.2, 0.25) is 0 Å². The Morgan fingerprint density at radius 1 is 1.50 bits per heavy atom. The monoisotopic (exact) mass is 295 g/mol. The number of thioether (sulfide) groups is 1.